The van der Waals surface area contributed by atoms with Gasteiger partial charge >= 0.3 is 6.61 Å². The fourth-order valence-electron chi connectivity index (χ4n) is 2.84. The highest BCUT2D eigenvalue weighted by atomic mass is 32.2. The molecule has 5 nitrogen and oxygen atoms in total. The van der Waals surface area contributed by atoms with Gasteiger partial charge in [0.25, 0.3) is 0 Å². The number of rotatable bonds is 8. The Hall–Kier alpha value is -2.61. The third-order valence-corrected chi connectivity index (χ3v) is 5.22. The van der Waals surface area contributed by atoms with Crippen LogP contribution in [0.5, 0.6) is 5.75 Å². The van der Waals surface area contributed by atoms with E-state index in [-0.39, 0.29) is 17.4 Å². The molecular weight excluding hydrogens is 384 g/mol. The molecule has 0 aliphatic carbocycles. The molecule has 1 heterocycles. The summed E-state index contributed by atoms with van der Waals surface area (Å²) in [5.74, 6) is 0.334. The number of para-hydroxylation sites is 2. The topological polar surface area (TPSA) is 47.4 Å². The van der Waals surface area contributed by atoms with Crippen molar-refractivity contribution in [3.63, 3.8) is 0 Å². The van der Waals surface area contributed by atoms with E-state index in [1.807, 2.05) is 31.2 Å². The first-order chi connectivity index (χ1) is 13.5. The van der Waals surface area contributed by atoms with Gasteiger partial charge in [-0.3, -0.25) is 4.79 Å². The molecule has 0 saturated heterocycles. The molecule has 0 radical (unpaired) electrons. The summed E-state index contributed by atoms with van der Waals surface area (Å²) in [4.78, 5) is 18.7. The van der Waals surface area contributed by atoms with Gasteiger partial charge in [0.2, 0.25) is 5.91 Å². The zero-order valence-corrected chi connectivity index (χ0v) is 16.5. The van der Waals surface area contributed by atoms with Crippen LogP contribution < -0.4 is 4.74 Å². The maximum absolute atomic E-state index is 12.5. The van der Waals surface area contributed by atoms with E-state index in [2.05, 4.69) is 14.3 Å². The van der Waals surface area contributed by atoms with Crippen LogP contribution in [0.1, 0.15) is 12.5 Å². The monoisotopic (exact) mass is 405 g/mol. The van der Waals surface area contributed by atoms with Crippen LogP contribution in [0.15, 0.2) is 53.7 Å². The number of fused-ring (bicyclic) bond motifs is 1. The highest BCUT2D eigenvalue weighted by molar-refractivity contribution is 7.99. The highest BCUT2D eigenvalue weighted by Gasteiger charge is 2.14. The highest BCUT2D eigenvalue weighted by Crippen LogP contribution is 2.24. The second-order valence-electron chi connectivity index (χ2n) is 6.19. The lowest BCUT2D eigenvalue weighted by Crippen LogP contribution is -2.27. The Labute approximate surface area is 166 Å². The fourth-order valence-corrected chi connectivity index (χ4v) is 3.86. The van der Waals surface area contributed by atoms with Crippen LogP contribution in [-0.4, -0.2) is 39.8 Å². The van der Waals surface area contributed by atoms with Crippen molar-refractivity contribution in [3.05, 3.63) is 54.1 Å². The quantitative estimate of drug-likeness (QED) is 0.521. The van der Waals surface area contributed by atoms with Crippen LogP contribution in [0, 0.1) is 0 Å². The molecule has 0 spiro atoms. The minimum atomic E-state index is -2.85. The number of halogens is 2. The number of hydrogen-bond acceptors (Lipinski definition) is 4. The molecule has 3 aromatic rings. The molecule has 148 valence electrons. The minimum absolute atomic E-state index is 0.0346. The Morgan fingerprint density at radius 3 is 2.61 bits per heavy atom. The fraction of sp³-hybridized carbons (Fsp3) is 0.300. The number of benzene rings is 2. The number of amides is 1. The lowest BCUT2D eigenvalue weighted by Gasteiger charge is -2.17. The van der Waals surface area contributed by atoms with E-state index in [4.69, 9.17) is 0 Å². The lowest BCUT2D eigenvalue weighted by molar-refractivity contribution is -0.127. The van der Waals surface area contributed by atoms with Gasteiger partial charge in [0.1, 0.15) is 5.75 Å². The molecule has 1 amide bonds. The third-order valence-electron chi connectivity index (χ3n) is 4.25. The van der Waals surface area contributed by atoms with Crippen molar-refractivity contribution in [3.8, 4) is 5.75 Å². The maximum Gasteiger partial charge on any atom is 0.387 e. The van der Waals surface area contributed by atoms with E-state index >= 15 is 0 Å². The number of carbonyl (C=O) groups excluding carboxylic acids is 1. The zero-order chi connectivity index (χ0) is 20.1. The first kappa shape index (κ1) is 20.1. The largest absolute Gasteiger partial charge is 0.435 e. The van der Waals surface area contributed by atoms with E-state index < -0.39 is 6.61 Å². The summed E-state index contributed by atoms with van der Waals surface area (Å²) in [5, 5.41) is 0.818. The molecular formula is C20H21F2N3O2S. The molecule has 2 aromatic carbocycles. The van der Waals surface area contributed by atoms with E-state index in [0.717, 1.165) is 28.3 Å². The van der Waals surface area contributed by atoms with Gasteiger partial charge in [-0.25, -0.2) is 4.98 Å². The van der Waals surface area contributed by atoms with Gasteiger partial charge in [0.15, 0.2) is 5.16 Å². The minimum Gasteiger partial charge on any atom is -0.435 e. The number of nitrogens with zero attached hydrogens (tertiary/aromatic N) is 3. The number of hydrogen-bond donors (Lipinski definition) is 0. The predicted octanol–water partition coefficient (Wildman–Crippen LogP) is 4.41. The van der Waals surface area contributed by atoms with Gasteiger partial charge in [-0.15, -0.1) is 0 Å². The molecule has 3 rings (SSSR count). The summed E-state index contributed by atoms with van der Waals surface area (Å²) in [5.41, 5.74) is 2.81. The molecule has 0 saturated carbocycles. The number of carbonyl (C=O) groups is 1. The average Bonchev–Trinajstić information content (AvgIpc) is 3.04. The van der Waals surface area contributed by atoms with Crippen molar-refractivity contribution in [2.45, 2.75) is 31.8 Å². The van der Waals surface area contributed by atoms with E-state index in [1.165, 1.54) is 23.9 Å². The Morgan fingerprint density at radius 1 is 1.21 bits per heavy atom. The molecule has 28 heavy (non-hydrogen) atoms. The summed E-state index contributed by atoms with van der Waals surface area (Å²) < 4.78 is 30.8. The number of aryl methyl sites for hydroxylation is 1. The zero-order valence-electron chi connectivity index (χ0n) is 15.6. The van der Waals surface area contributed by atoms with Crippen LogP contribution in [0.2, 0.25) is 0 Å². The first-order valence-corrected chi connectivity index (χ1v) is 9.82. The predicted molar refractivity (Wildman–Crippen MR) is 106 cm³/mol. The van der Waals surface area contributed by atoms with Crippen molar-refractivity contribution in [1.29, 1.82) is 0 Å². The van der Waals surface area contributed by atoms with E-state index in [0.29, 0.717) is 6.54 Å². The second kappa shape index (κ2) is 9.05. The molecule has 8 heteroatoms. The van der Waals surface area contributed by atoms with E-state index in [1.54, 1.807) is 24.1 Å². The van der Waals surface area contributed by atoms with Crippen molar-refractivity contribution < 1.29 is 18.3 Å². The van der Waals surface area contributed by atoms with Gasteiger partial charge in [-0.05, 0) is 36.8 Å². The molecule has 0 atom stereocenters. The number of ether oxygens (including phenoxy) is 1. The van der Waals surface area contributed by atoms with Gasteiger partial charge < -0.3 is 14.2 Å². The van der Waals surface area contributed by atoms with Crippen molar-refractivity contribution in [2.24, 2.45) is 0 Å². The van der Waals surface area contributed by atoms with Gasteiger partial charge in [-0.1, -0.05) is 36.0 Å². The average molecular weight is 405 g/mol. The molecule has 0 aliphatic rings. The number of imidazole rings is 1. The SMILES string of the molecule is CCn1c(SCC(=O)N(C)Cc2ccc(OC(F)F)cc2)nc2ccccc21. The van der Waals surface area contributed by atoms with Gasteiger partial charge in [-0.2, -0.15) is 8.78 Å². The Morgan fingerprint density at radius 2 is 1.93 bits per heavy atom. The molecule has 0 N–H and O–H groups in total. The summed E-state index contributed by atoms with van der Waals surface area (Å²) in [6, 6.07) is 14.2. The molecule has 0 bridgehead atoms. The first-order valence-electron chi connectivity index (χ1n) is 8.83. The van der Waals surface area contributed by atoms with Crippen molar-refractivity contribution >= 4 is 28.7 Å². The number of thioether (sulfide) groups is 1. The maximum atomic E-state index is 12.5. The normalized spacial score (nSPS) is 11.2. The molecule has 0 aliphatic heterocycles. The number of alkyl halides is 2. The number of aromatic nitrogens is 2. The van der Waals surface area contributed by atoms with Crippen LogP contribution in [0.25, 0.3) is 11.0 Å². The van der Waals surface area contributed by atoms with Crippen LogP contribution in [0.4, 0.5) is 8.78 Å². The molecule has 0 fully saturated rings. The van der Waals surface area contributed by atoms with Crippen LogP contribution in [-0.2, 0) is 17.9 Å². The summed E-state index contributed by atoms with van der Waals surface area (Å²) >= 11 is 1.41. The van der Waals surface area contributed by atoms with Gasteiger partial charge in [0.05, 0.1) is 16.8 Å². The molecule has 1 aromatic heterocycles. The Balaban J connectivity index is 1.59. The Bertz CT molecular complexity index is 944. The van der Waals surface area contributed by atoms with Crippen LogP contribution >= 0.6 is 11.8 Å². The summed E-state index contributed by atoms with van der Waals surface area (Å²) in [6.45, 7) is 0.367. The lowest BCUT2D eigenvalue weighted by atomic mass is 10.2. The summed E-state index contributed by atoms with van der Waals surface area (Å²) in [7, 11) is 1.72. The summed E-state index contributed by atoms with van der Waals surface area (Å²) in [6.07, 6.45) is 0. The van der Waals surface area contributed by atoms with Crippen molar-refractivity contribution in [1.82, 2.24) is 14.5 Å². The van der Waals surface area contributed by atoms with Crippen LogP contribution in [0.3, 0.4) is 0 Å². The van der Waals surface area contributed by atoms with Crippen molar-refractivity contribution in [2.75, 3.05) is 12.8 Å². The standard InChI is InChI=1S/C20H21F2N3O2S/c1-3-25-17-7-5-4-6-16(17)23-20(25)28-13-18(26)24(2)12-14-8-10-15(11-9-14)27-19(21)22/h4-11,19H,3,12-13H2,1-2H3. The Kier molecular flexibility index (Phi) is 6.51. The second-order valence-corrected chi connectivity index (χ2v) is 7.13. The third kappa shape index (κ3) is 4.81. The van der Waals surface area contributed by atoms with E-state index in [9.17, 15) is 13.6 Å². The smallest absolute Gasteiger partial charge is 0.387 e. The molecule has 0 unspecified atom stereocenters. The van der Waals surface area contributed by atoms with Gasteiger partial charge in [0, 0.05) is 20.1 Å².